The van der Waals surface area contributed by atoms with Gasteiger partial charge in [0.2, 0.25) is 0 Å². The first-order chi connectivity index (χ1) is 7.67. The number of methoxy groups -OCH3 is 1. The lowest BCUT2D eigenvalue weighted by Gasteiger charge is -2.16. The maximum absolute atomic E-state index is 13.6. The predicted octanol–water partition coefficient (Wildman–Crippen LogP) is 2.40. The molecule has 0 heterocycles. The quantitative estimate of drug-likeness (QED) is 0.725. The molecular weight excluding hydrogens is 212 g/mol. The maximum atomic E-state index is 13.6. The Bertz CT molecular complexity index is 290. The molecule has 0 spiro atoms. The SMILES string of the molecule is COCCNCCC(F)(F)c1ccccc1. The number of ether oxygens (including phenoxy) is 1. The van der Waals surface area contributed by atoms with Crippen LogP contribution in [0.5, 0.6) is 0 Å². The third kappa shape index (κ3) is 4.24. The number of hydrogen-bond donors (Lipinski definition) is 1. The summed E-state index contributed by atoms with van der Waals surface area (Å²) in [5, 5.41) is 2.91. The second-order valence-electron chi connectivity index (χ2n) is 3.56. The minimum atomic E-state index is -2.76. The Labute approximate surface area is 94.6 Å². The third-order valence-electron chi connectivity index (χ3n) is 2.29. The Morgan fingerprint density at radius 3 is 2.50 bits per heavy atom. The van der Waals surface area contributed by atoms with E-state index in [1.807, 2.05) is 0 Å². The van der Waals surface area contributed by atoms with Gasteiger partial charge in [0.1, 0.15) is 0 Å². The first kappa shape index (κ1) is 13.1. The zero-order chi connectivity index (χ0) is 11.9. The number of benzene rings is 1. The summed E-state index contributed by atoms with van der Waals surface area (Å²) in [7, 11) is 1.58. The highest BCUT2D eigenvalue weighted by Gasteiger charge is 2.30. The molecular formula is C12H17F2NO. The van der Waals surface area contributed by atoms with Crippen molar-refractivity contribution in [3.8, 4) is 0 Å². The van der Waals surface area contributed by atoms with Crippen LogP contribution in [0.1, 0.15) is 12.0 Å². The minimum absolute atomic E-state index is 0.0727. The van der Waals surface area contributed by atoms with Crippen molar-refractivity contribution >= 4 is 0 Å². The molecule has 0 aromatic heterocycles. The summed E-state index contributed by atoms with van der Waals surface area (Å²) in [6.45, 7) is 1.42. The molecule has 0 atom stereocenters. The molecule has 0 amide bonds. The van der Waals surface area contributed by atoms with Gasteiger partial charge in [0.05, 0.1) is 6.61 Å². The molecule has 0 saturated carbocycles. The van der Waals surface area contributed by atoms with Gasteiger partial charge in [-0.3, -0.25) is 0 Å². The van der Waals surface area contributed by atoms with Gasteiger partial charge in [-0.25, -0.2) is 8.78 Å². The normalized spacial score (nSPS) is 11.7. The molecule has 0 aliphatic heterocycles. The van der Waals surface area contributed by atoms with E-state index >= 15 is 0 Å². The number of nitrogens with one attached hydrogen (secondary N) is 1. The van der Waals surface area contributed by atoms with Gasteiger partial charge in [-0.1, -0.05) is 30.3 Å². The fraction of sp³-hybridized carbons (Fsp3) is 0.500. The second kappa shape index (κ2) is 6.55. The van der Waals surface area contributed by atoms with Crippen LogP contribution in [0.4, 0.5) is 8.78 Å². The highest BCUT2D eigenvalue weighted by atomic mass is 19.3. The Hall–Kier alpha value is -1.00. The van der Waals surface area contributed by atoms with Crippen molar-refractivity contribution in [1.82, 2.24) is 5.32 Å². The monoisotopic (exact) mass is 229 g/mol. The average molecular weight is 229 g/mol. The summed E-state index contributed by atoms with van der Waals surface area (Å²) in [5.74, 6) is -2.76. The molecule has 1 N–H and O–H groups in total. The maximum Gasteiger partial charge on any atom is 0.274 e. The first-order valence-electron chi connectivity index (χ1n) is 5.30. The van der Waals surface area contributed by atoms with E-state index < -0.39 is 5.92 Å². The topological polar surface area (TPSA) is 21.3 Å². The molecule has 4 heteroatoms. The molecule has 0 aliphatic rings. The van der Waals surface area contributed by atoms with Crippen LogP contribution in [0.15, 0.2) is 30.3 Å². The third-order valence-corrected chi connectivity index (χ3v) is 2.29. The van der Waals surface area contributed by atoms with E-state index in [1.165, 1.54) is 12.1 Å². The summed E-state index contributed by atoms with van der Waals surface area (Å²) < 4.78 is 32.0. The molecule has 0 fully saturated rings. The Morgan fingerprint density at radius 1 is 1.19 bits per heavy atom. The molecule has 1 rings (SSSR count). The summed E-state index contributed by atoms with van der Waals surface area (Å²) in [6.07, 6.45) is -0.194. The van der Waals surface area contributed by atoms with Crippen LogP contribution in [-0.4, -0.2) is 26.8 Å². The molecule has 1 aromatic rings. The Balaban J connectivity index is 2.35. The molecule has 2 nitrogen and oxygen atoms in total. The van der Waals surface area contributed by atoms with E-state index in [1.54, 1.807) is 25.3 Å². The minimum Gasteiger partial charge on any atom is -0.383 e. The van der Waals surface area contributed by atoms with Crippen LogP contribution in [0.25, 0.3) is 0 Å². The van der Waals surface area contributed by atoms with Gasteiger partial charge < -0.3 is 10.1 Å². The zero-order valence-corrected chi connectivity index (χ0v) is 9.38. The molecule has 0 unspecified atom stereocenters. The standard InChI is InChI=1S/C12H17F2NO/c1-16-10-9-15-8-7-12(13,14)11-5-3-2-4-6-11/h2-6,15H,7-10H2,1H3. The lowest BCUT2D eigenvalue weighted by molar-refractivity contribution is -0.0130. The Morgan fingerprint density at radius 2 is 1.88 bits per heavy atom. The number of rotatable bonds is 7. The number of halogens is 2. The number of hydrogen-bond acceptors (Lipinski definition) is 2. The molecule has 0 saturated heterocycles. The summed E-state index contributed by atoms with van der Waals surface area (Å²) in [6, 6.07) is 7.89. The number of alkyl halides is 2. The van der Waals surface area contributed by atoms with E-state index in [-0.39, 0.29) is 18.5 Å². The molecule has 1 aromatic carbocycles. The predicted molar refractivity (Wildman–Crippen MR) is 59.7 cm³/mol. The van der Waals surface area contributed by atoms with Crippen molar-refractivity contribution in [2.75, 3.05) is 26.8 Å². The lowest BCUT2D eigenvalue weighted by Crippen LogP contribution is -2.26. The van der Waals surface area contributed by atoms with Gasteiger partial charge in [-0.2, -0.15) is 0 Å². The van der Waals surface area contributed by atoms with E-state index in [9.17, 15) is 8.78 Å². The van der Waals surface area contributed by atoms with E-state index in [2.05, 4.69) is 5.32 Å². The fourth-order valence-corrected chi connectivity index (χ4v) is 1.37. The molecule has 0 bridgehead atoms. The highest BCUT2D eigenvalue weighted by molar-refractivity contribution is 5.19. The van der Waals surface area contributed by atoms with Crippen LogP contribution in [0.3, 0.4) is 0 Å². The van der Waals surface area contributed by atoms with Gasteiger partial charge >= 0.3 is 0 Å². The molecule has 0 radical (unpaired) electrons. The average Bonchev–Trinajstić information content (AvgIpc) is 2.30. The van der Waals surface area contributed by atoms with Crippen molar-refractivity contribution in [3.05, 3.63) is 35.9 Å². The first-order valence-corrected chi connectivity index (χ1v) is 5.30. The van der Waals surface area contributed by atoms with Crippen molar-refractivity contribution < 1.29 is 13.5 Å². The molecule has 16 heavy (non-hydrogen) atoms. The summed E-state index contributed by atoms with van der Waals surface area (Å²) >= 11 is 0. The second-order valence-corrected chi connectivity index (χ2v) is 3.56. The van der Waals surface area contributed by atoms with Crippen LogP contribution >= 0.6 is 0 Å². The fourth-order valence-electron chi connectivity index (χ4n) is 1.37. The molecule has 90 valence electrons. The van der Waals surface area contributed by atoms with E-state index in [0.29, 0.717) is 13.2 Å². The van der Waals surface area contributed by atoms with Crippen molar-refractivity contribution in [2.24, 2.45) is 0 Å². The van der Waals surface area contributed by atoms with E-state index in [4.69, 9.17) is 4.74 Å². The van der Waals surface area contributed by atoms with Gasteiger partial charge in [-0.15, -0.1) is 0 Å². The highest BCUT2D eigenvalue weighted by Crippen LogP contribution is 2.30. The summed E-state index contributed by atoms with van der Waals surface area (Å²) in [4.78, 5) is 0. The smallest absolute Gasteiger partial charge is 0.274 e. The van der Waals surface area contributed by atoms with E-state index in [0.717, 1.165) is 0 Å². The van der Waals surface area contributed by atoms with Crippen molar-refractivity contribution in [2.45, 2.75) is 12.3 Å². The molecule has 0 aliphatic carbocycles. The lowest BCUT2D eigenvalue weighted by atomic mass is 10.1. The van der Waals surface area contributed by atoms with Gasteiger partial charge in [0.25, 0.3) is 5.92 Å². The van der Waals surface area contributed by atoms with Crippen LogP contribution in [0, 0.1) is 0 Å². The zero-order valence-electron chi connectivity index (χ0n) is 9.38. The van der Waals surface area contributed by atoms with Crippen LogP contribution in [-0.2, 0) is 10.7 Å². The summed E-state index contributed by atoms with van der Waals surface area (Å²) in [5.41, 5.74) is 0.0727. The van der Waals surface area contributed by atoms with Gasteiger partial charge in [0, 0.05) is 32.2 Å². The van der Waals surface area contributed by atoms with Crippen molar-refractivity contribution in [1.29, 1.82) is 0 Å². The van der Waals surface area contributed by atoms with Crippen LogP contribution in [0.2, 0.25) is 0 Å². The van der Waals surface area contributed by atoms with Gasteiger partial charge in [-0.05, 0) is 0 Å². The van der Waals surface area contributed by atoms with Crippen molar-refractivity contribution in [3.63, 3.8) is 0 Å². The largest absolute Gasteiger partial charge is 0.383 e. The van der Waals surface area contributed by atoms with Gasteiger partial charge in [0.15, 0.2) is 0 Å². The van der Waals surface area contributed by atoms with Crippen LogP contribution < -0.4 is 5.32 Å². The Kier molecular flexibility index (Phi) is 5.35.